The minimum atomic E-state index is -0.562. The molecule has 0 spiro atoms. The lowest BCUT2D eigenvalue weighted by Gasteiger charge is -2.30. The summed E-state index contributed by atoms with van der Waals surface area (Å²) in [4.78, 5) is 31.7. The molecule has 4 aromatic rings. The van der Waals surface area contributed by atoms with Crippen LogP contribution < -0.4 is 5.73 Å². The fourth-order valence-electron chi connectivity index (χ4n) is 4.23. The first-order chi connectivity index (χ1) is 17.8. The molecule has 1 atom stereocenters. The molecule has 1 saturated heterocycles. The van der Waals surface area contributed by atoms with E-state index in [4.69, 9.17) is 20.0 Å². The lowest BCUT2D eigenvalue weighted by molar-refractivity contribution is -0.136. The zero-order chi connectivity index (χ0) is 26.0. The number of aromatic nitrogens is 7. The van der Waals surface area contributed by atoms with Gasteiger partial charge in [0.05, 0.1) is 36.1 Å². The fourth-order valence-corrected chi connectivity index (χ4v) is 4.23. The van der Waals surface area contributed by atoms with Gasteiger partial charge in [0.15, 0.2) is 5.82 Å². The van der Waals surface area contributed by atoms with Crippen molar-refractivity contribution in [1.29, 1.82) is 0 Å². The van der Waals surface area contributed by atoms with Crippen LogP contribution in [0.2, 0.25) is 0 Å². The van der Waals surface area contributed by atoms with E-state index in [0.717, 1.165) is 16.8 Å². The first-order valence-corrected chi connectivity index (χ1v) is 12.1. The summed E-state index contributed by atoms with van der Waals surface area (Å²) < 4.78 is 12.5. The Labute approximate surface area is 213 Å². The molecule has 0 bridgehead atoms. The molecule has 192 valence electrons. The molecule has 12 heteroatoms. The highest BCUT2D eigenvalue weighted by atomic mass is 16.5. The van der Waals surface area contributed by atoms with Crippen molar-refractivity contribution in [3.63, 3.8) is 0 Å². The molecule has 5 rings (SSSR count). The van der Waals surface area contributed by atoms with Crippen molar-refractivity contribution in [2.24, 2.45) is 5.92 Å². The number of anilines is 1. The van der Waals surface area contributed by atoms with Crippen molar-refractivity contribution in [2.75, 3.05) is 32.0 Å². The minimum Gasteiger partial charge on any atom is -0.378 e. The topological polar surface area (TPSA) is 151 Å². The summed E-state index contributed by atoms with van der Waals surface area (Å²) in [5.41, 5.74) is 8.14. The molecule has 12 nitrogen and oxygen atoms in total. The van der Waals surface area contributed by atoms with Crippen LogP contribution in [0.15, 0.2) is 47.6 Å². The molecule has 0 radical (unpaired) electrons. The zero-order valence-electron chi connectivity index (χ0n) is 21.0. The summed E-state index contributed by atoms with van der Waals surface area (Å²) >= 11 is 0. The highest BCUT2D eigenvalue weighted by Gasteiger charge is 2.38. The molecular weight excluding hydrogens is 474 g/mol. The van der Waals surface area contributed by atoms with Gasteiger partial charge in [-0.3, -0.25) is 14.5 Å². The van der Waals surface area contributed by atoms with Crippen LogP contribution in [-0.4, -0.2) is 72.0 Å². The van der Waals surface area contributed by atoms with Crippen LogP contribution in [0.3, 0.4) is 0 Å². The molecule has 0 saturated carbocycles. The van der Waals surface area contributed by atoms with Gasteiger partial charge in [-0.05, 0) is 24.5 Å². The van der Waals surface area contributed by atoms with Crippen molar-refractivity contribution in [3.05, 3.63) is 54.5 Å². The number of rotatable bonds is 7. The maximum atomic E-state index is 12.5. The van der Waals surface area contributed by atoms with Gasteiger partial charge < -0.3 is 19.9 Å². The Balaban J connectivity index is 1.35. The summed E-state index contributed by atoms with van der Waals surface area (Å²) in [5, 5.41) is 8.64. The molecule has 0 aromatic carbocycles. The molecule has 1 amide bonds. The molecule has 1 aliphatic rings. The molecule has 1 aliphatic heterocycles. The van der Waals surface area contributed by atoms with Crippen LogP contribution in [0.1, 0.15) is 32.2 Å². The van der Waals surface area contributed by atoms with E-state index in [-0.39, 0.29) is 24.3 Å². The molecule has 5 heterocycles. The number of ether oxygens (including phenoxy) is 1. The number of amides is 1. The second kappa shape index (κ2) is 10.1. The normalized spacial score (nSPS) is 15.6. The Bertz CT molecular complexity index is 1360. The average Bonchev–Trinajstić information content (AvgIpc) is 3.59. The predicted molar refractivity (Wildman–Crippen MR) is 134 cm³/mol. The molecular formula is C25H29N9O3. The van der Waals surface area contributed by atoms with Crippen LogP contribution in [0, 0.1) is 5.92 Å². The number of hydrogen-bond donors (Lipinski definition) is 1. The Hall–Kier alpha value is -4.19. The third kappa shape index (κ3) is 4.92. The number of nitrogen functional groups attached to an aromatic ring is 1. The quantitative estimate of drug-likeness (QED) is 0.397. The second-order valence-corrected chi connectivity index (χ2v) is 9.46. The smallest absolute Gasteiger partial charge is 0.261 e. The molecule has 1 fully saturated rings. The first kappa shape index (κ1) is 24.5. The van der Waals surface area contributed by atoms with Crippen molar-refractivity contribution < 1.29 is 14.1 Å². The van der Waals surface area contributed by atoms with Gasteiger partial charge in [-0.15, -0.1) is 0 Å². The standard InChI is InChI=1S/C25H29N9O3/c1-16(2)25(3,19-4-5-20(27-13-19)17-10-28-24(26)29-11-17)23-31-22(37-32-23)18-12-30-34(14-18)15-21(35)33-6-8-36-9-7-33/h4-5,10-14,16H,6-9,15H2,1-3H3,(H2,26,28,29). The molecule has 4 aromatic heterocycles. The number of pyridine rings is 1. The van der Waals surface area contributed by atoms with E-state index >= 15 is 0 Å². The maximum absolute atomic E-state index is 12.5. The van der Waals surface area contributed by atoms with E-state index in [9.17, 15) is 4.79 Å². The first-order valence-electron chi connectivity index (χ1n) is 12.1. The van der Waals surface area contributed by atoms with Crippen molar-refractivity contribution in [2.45, 2.75) is 32.7 Å². The summed E-state index contributed by atoms with van der Waals surface area (Å²) in [5.74, 6) is 1.24. The van der Waals surface area contributed by atoms with Crippen LogP contribution >= 0.6 is 0 Å². The monoisotopic (exact) mass is 503 g/mol. The van der Waals surface area contributed by atoms with Gasteiger partial charge >= 0.3 is 0 Å². The van der Waals surface area contributed by atoms with Crippen molar-refractivity contribution in [3.8, 4) is 22.7 Å². The second-order valence-electron chi connectivity index (χ2n) is 9.46. The van der Waals surface area contributed by atoms with E-state index in [1.807, 2.05) is 18.3 Å². The Morgan fingerprint density at radius 3 is 2.51 bits per heavy atom. The molecule has 37 heavy (non-hydrogen) atoms. The van der Waals surface area contributed by atoms with E-state index in [2.05, 4.69) is 46.0 Å². The summed E-state index contributed by atoms with van der Waals surface area (Å²) in [6.07, 6.45) is 8.48. The average molecular weight is 504 g/mol. The highest BCUT2D eigenvalue weighted by molar-refractivity contribution is 5.76. The third-order valence-electron chi connectivity index (χ3n) is 6.92. The molecule has 1 unspecified atom stereocenters. The SMILES string of the molecule is CC(C)C(C)(c1ccc(-c2cnc(N)nc2)nc1)c1noc(-c2cnn(CC(=O)N3CCOCC3)c2)n1. The van der Waals surface area contributed by atoms with Crippen molar-refractivity contribution >= 4 is 11.9 Å². The third-order valence-corrected chi connectivity index (χ3v) is 6.92. The lowest BCUT2D eigenvalue weighted by atomic mass is 9.73. The number of nitrogens with zero attached hydrogens (tertiary/aromatic N) is 8. The summed E-state index contributed by atoms with van der Waals surface area (Å²) in [7, 11) is 0. The van der Waals surface area contributed by atoms with E-state index in [0.29, 0.717) is 43.6 Å². The number of nitrogens with two attached hydrogens (primary N) is 1. The van der Waals surface area contributed by atoms with Gasteiger partial charge in [-0.25, -0.2) is 9.97 Å². The number of morpholine rings is 1. The largest absolute Gasteiger partial charge is 0.378 e. The summed E-state index contributed by atoms with van der Waals surface area (Å²) in [6, 6.07) is 3.92. The number of hydrogen-bond acceptors (Lipinski definition) is 10. The molecule has 0 aliphatic carbocycles. The highest BCUT2D eigenvalue weighted by Crippen LogP contribution is 2.38. The van der Waals surface area contributed by atoms with Gasteiger partial charge in [-0.2, -0.15) is 10.1 Å². The van der Waals surface area contributed by atoms with Gasteiger partial charge in [0.1, 0.15) is 6.54 Å². The van der Waals surface area contributed by atoms with E-state index in [1.165, 1.54) is 0 Å². The fraction of sp³-hybridized carbons (Fsp3) is 0.400. The predicted octanol–water partition coefficient (Wildman–Crippen LogP) is 2.19. The Morgan fingerprint density at radius 1 is 1.08 bits per heavy atom. The lowest BCUT2D eigenvalue weighted by Crippen LogP contribution is -2.42. The van der Waals surface area contributed by atoms with Crippen LogP contribution in [-0.2, 0) is 21.5 Å². The Morgan fingerprint density at radius 2 is 1.84 bits per heavy atom. The van der Waals surface area contributed by atoms with Gasteiger partial charge in [0.25, 0.3) is 5.89 Å². The van der Waals surface area contributed by atoms with E-state index in [1.54, 1.807) is 34.4 Å². The zero-order valence-corrected chi connectivity index (χ0v) is 21.0. The maximum Gasteiger partial charge on any atom is 0.261 e. The van der Waals surface area contributed by atoms with Crippen LogP contribution in [0.5, 0.6) is 0 Å². The van der Waals surface area contributed by atoms with Crippen molar-refractivity contribution in [1.82, 2.24) is 39.8 Å². The van der Waals surface area contributed by atoms with E-state index < -0.39 is 5.41 Å². The van der Waals surface area contributed by atoms with Gasteiger partial charge in [0.2, 0.25) is 11.9 Å². The van der Waals surface area contributed by atoms with Crippen LogP contribution in [0.4, 0.5) is 5.95 Å². The van der Waals surface area contributed by atoms with Crippen LogP contribution in [0.25, 0.3) is 22.7 Å². The number of carbonyl (C=O) groups excluding carboxylic acids is 1. The minimum absolute atomic E-state index is 0.00182. The van der Waals surface area contributed by atoms with Gasteiger partial charge in [0, 0.05) is 43.4 Å². The van der Waals surface area contributed by atoms with Gasteiger partial charge in [-0.1, -0.05) is 25.1 Å². The summed E-state index contributed by atoms with van der Waals surface area (Å²) in [6.45, 7) is 8.73. The molecule has 2 N–H and O–H groups in total. The Kier molecular flexibility index (Phi) is 6.66. The number of carbonyl (C=O) groups is 1.